The highest BCUT2D eigenvalue weighted by Crippen LogP contribution is 2.36. The molecule has 0 saturated carbocycles. The molecule has 0 amide bonds. The molecule has 2 aliphatic rings. The van der Waals surface area contributed by atoms with Gasteiger partial charge >= 0.3 is 5.97 Å². The largest absolute Gasteiger partial charge is 0.460 e. The summed E-state index contributed by atoms with van der Waals surface area (Å²) < 4.78 is 21.8. The molecule has 0 aliphatic carbocycles. The number of hydrogen-bond donors (Lipinski definition) is 7. The van der Waals surface area contributed by atoms with Gasteiger partial charge in [-0.05, 0) is 6.42 Å². The van der Waals surface area contributed by atoms with Crippen molar-refractivity contribution in [2.24, 2.45) is 0 Å². The van der Waals surface area contributed by atoms with Crippen molar-refractivity contribution in [3.05, 3.63) is 0 Å². The molecule has 2 aliphatic heterocycles. The molecule has 0 aromatic rings. The average molecular weight is 609 g/mol. The van der Waals surface area contributed by atoms with Crippen LogP contribution in [0.3, 0.4) is 0 Å². The molecular weight excluding hydrogens is 552 g/mol. The minimum absolute atomic E-state index is 0.121. The number of aliphatic hydroxyl groups is 7. The summed E-state index contributed by atoms with van der Waals surface area (Å²) in [5.41, 5.74) is 0. The maximum atomic E-state index is 12.5. The van der Waals surface area contributed by atoms with Crippen LogP contribution in [-0.4, -0.2) is 116 Å². The van der Waals surface area contributed by atoms with Gasteiger partial charge in [-0.1, -0.05) is 96.8 Å². The molecular formula is C30H56O12. The van der Waals surface area contributed by atoms with Crippen LogP contribution in [0.25, 0.3) is 0 Å². The third-order valence-electron chi connectivity index (χ3n) is 8.27. The van der Waals surface area contributed by atoms with Crippen molar-refractivity contribution in [3.8, 4) is 0 Å². The van der Waals surface area contributed by atoms with Gasteiger partial charge in [-0.2, -0.15) is 0 Å². The van der Waals surface area contributed by atoms with Crippen LogP contribution in [0.1, 0.15) is 110 Å². The van der Waals surface area contributed by atoms with Crippen LogP contribution in [0, 0.1) is 0 Å². The molecule has 9 atom stereocenters. The molecule has 248 valence electrons. The highest BCUT2D eigenvalue weighted by atomic mass is 16.8. The topological polar surface area (TPSA) is 196 Å². The lowest BCUT2D eigenvalue weighted by Gasteiger charge is -2.43. The Kier molecular flexibility index (Phi) is 17.9. The molecule has 0 aromatic carbocycles. The van der Waals surface area contributed by atoms with Crippen LogP contribution in [0.5, 0.6) is 0 Å². The fourth-order valence-electron chi connectivity index (χ4n) is 5.51. The molecule has 2 rings (SSSR count). The standard InChI is InChI=1S/C30H56O12/c1-2-3-4-5-6-7-8-9-10-11-12-13-14-15-16-17-23(33)39-20-30(28(38)25(35)22(19-32)41-30)42-29-27(37)26(36)24(34)21(18-31)40-29/h21-22,24-29,31-32,34-38H,2-20H2,1H3/t21-,22-,24-,25-,26+,27-,28+,29-,30+/m1/s1. The zero-order valence-electron chi connectivity index (χ0n) is 25.2. The molecule has 7 N–H and O–H groups in total. The Hall–Kier alpha value is -0.930. The highest BCUT2D eigenvalue weighted by molar-refractivity contribution is 5.69. The van der Waals surface area contributed by atoms with Gasteiger partial charge in [0.2, 0.25) is 5.79 Å². The van der Waals surface area contributed by atoms with E-state index in [0.717, 1.165) is 19.3 Å². The fourth-order valence-corrected chi connectivity index (χ4v) is 5.51. The summed E-state index contributed by atoms with van der Waals surface area (Å²) in [4.78, 5) is 12.5. The molecule has 0 spiro atoms. The van der Waals surface area contributed by atoms with E-state index in [1.54, 1.807) is 0 Å². The van der Waals surface area contributed by atoms with E-state index in [9.17, 15) is 40.5 Å². The minimum Gasteiger partial charge on any atom is -0.460 e. The number of rotatable bonds is 22. The number of esters is 1. The molecule has 12 nitrogen and oxygen atoms in total. The number of carbonyl (C=O) groups excluding carboxylic acids is 1. The zero-order valence-corrected chi connectivity index (χ0v) is 25.2. The zero-order chi connectivity index (χ0) is 31.0. The van der Waals surface area contributed by atoms with Gasteiger partial charge in [-0.3, -0.25) is 4.79 Å². The first-order chi connectivity index (χ1) is 20.2. The summed E-state index contributed by atoms with van der Waals surface area (Å²) in [6, 6.07) is 0. The first kappa shape index (κ1) is 37.3. The first-order valence-corrected chi connectivity index (χ1v) is 16.0. The van der Waals surface area contributed by atoms with E-state index in [0.29, 0.717) is 6.42 Å². The van der Waals surface area contributed by atoms with Crippen molar-refractivity contribution >= 4 is 5.97 Å². The van der Waals surface area contributed by atoms with Crippen molar-refractivity contribution < 1.29 is 59.5 Å². The monoisotopic (exact) mass is 608 g/mol. The molecule has 2 heterocycles. The molecule has 2 saturated heterocycles. The van der Waals surface area contributed by atoms with Gasteiger partial charge in [0, 0.05) is 6.42 Å². The molecule has 2 fully saturated rings. The molecule has 12 heteroatoms. The van der Waals surface area contributed by atoms with E-state index in [1.165, 1.54) is 70.6 Å². The Bertz CT molecular complexity index is 724. The lowest BCUT2D eigenvalue weighted by molar-refractivity contribution is -0.383. The first-order valence-electron chi connectivity index (χ1n) is 16.0. The van der Waals surface area contributed by atoms with Gasteiger partial charge in [0.05, 0.1) is 13.2 Å². The smallest absolute Gasteiger partial charge is 0.305 e. The van der Waals surface area contributed by atoms with Crippen LogP contribution < -0.4 is 0 Å². The number of ether oxygens (including phenoxy) is 4. The average Bonchev–Trinajstić information content (AvgIpc) is 3.23. The van der Waals surface area contributed by atoms with Crippen molar-refractivity contribution in [2.75, 3.05) is 19.8 Å². The van der Waals surface area contributed by atoms with E-state index < -0.39 is 80.6 Å². The number of unbranched alkanes of at least 4 members (excludes halogenated alkanes) is 14. The van der Waals surface area contributed by atoms with Gasteiger partial charge in [0.15, 0.2) is 6.29 Å². The molecule has 42 heavy (non-hydrogen) atoms. The van der Waals surface area contributed by atoms with Gasteiger partial charge in [0.25, 0.3) is 0 Å². The Morgan fingerprint density at radius 3 is 1.64 bits per heavy atom. The highest BCUT2D eigenvalue weighted by Gasteiger charge is 2.59. The van der Waals surface area contributed by atoms with Gasteiger partial charge in [0.1, 0.15) is 49.3 Å². The fraction of sp³-hybridized carbons (Fsp3) is 0.967. The summed E-state index contributed by atoms with van der Waals surface area (Å²) in [5, 5.41) is 70.4. The number of hydrogen-bond acceptors (Lipinski definition) is 12. The normalized spacial score (nSPS) is 33.2. The summed E-state index contributed by atoms with van der Waals surface area (Å²) in [6.45, 7) is 0.137. The third kappa shape index (κ3) is 11.5. The second-order valence-electron chi connectivity index (χ2n) is 11.8. The van der Waals surface area contributed by atoms with Crippen molar-refractivity contribution in [1.82, 2.24) is 0 Å². The summed E-state index contributed by atoms with van der Waals surface area (Å²) >= 11 is 0. The van der Waals surface area contributed by atoms with Crippen molar-refractivity contribution in [2.45, 2.75) is 164 Å². The Labute approximate surface area is 249 Å². The summed E-state index contributed by atoms with van der Waals surface area (Å²) in [6.07, 6.45) is 5.12. The van der Waals surface area contributed by atoms with Crippen molar-refractivity contribution in [1.29, 1.82) is 0 Å². The van der Waals surface area contributed by atoms with Crippen LogP contribution in [0.4, 0.5) is 0 Å². The number of carbonyl (C=O) groups is 1. The third-order valence-corrected chi connectivity index (χ3v) is 8.27. The molecule has 0 aromatic heterocycles. The second kappa shape index (κ2) is 20.2. The van der Waals surface area contributed by atoms with Crippen molar-refractivity contribution in [3.63, 3.8) is 0 Å². The summed E-state index contributed by atoms with van der Waals surface area (Å²) in [7, 11) is 0. The van der Waals surface area contributed by atoms with Gasteiger partial charge < -0.3 is 54.7 Å². The van der Waals surface area contributed by atoms with Crippen LogP contribution in [0.2, 0.25) is 0 Å². The predicted molar refractivity (Wildman–Crippen MR) is 152 cm³/mol. The van der Waals surface area contributed by atoms with Gasteiger partial charge in [-0.25, -0.2) is 0 Å². The van der Waals surface area contributed by atoms with E-state index >= 15 is 0 Å². The van der Waals surface area contributed by atoms with E-state index in [-0.39, 0.29) is 6.42 Å². The van der Waals surface area contributed by atoms with E-state index in [2.05, 4.69) is 6.92 Å². The van der Waals surface area contributed by atoms with E-state index in [1.807, 2.05) is 0 Å². The molecule has 0 bridgehead atoms. The Morgan fingerprint density at radius 2 is 1.17 bits per heavy atom. The van der Waals surface area contributed by atoms with Crippen LogP contribution in [0.15, 0.2) is 0 Å². The second-order valence-corrected chi connectivity index (χ2v) is 11.8. The molecule has 0 radical (unpaired) electrons. The SMILES string of the molecule is CCCCCCCCCCCCCCCCCC(=O)OC[C@@]1(O[C@H]2O[C@H](CO)[C@@H](O)[C@H](O)[C@H]2O)O[C@H](CO)[C@@H](O)[C@@H]1O. The van der Waals surface area contributed by atoms with Crippen LogP contribution >= 0.6 is 0 Å². The minimum atomic E-state index is -2.24. The lowest BCUT2D eigenvalue weighted by Crippen LogP contribution is -2.62. The Balaban J connectivity index is 1.69. The summed E-state index contributed by atoms with van der Waals surface area (Å²) in [5.74, 6) is -2.83. The quantitative estimate of drug-likeness (QED) is 0.0691. The maximum absolute atomic E-state index is 12.5. The number of aliphatic hydroxyl groups excluding tert-OH is 7. The van der Waals surface area contributed by atoms with Gasteiger partial charge in [-0.15, -0.1) is 0 Å². The van der Waals surface area contributed by atoms with E-state index in [4.69, 9.17) is 18.9 Å². The predicted octanol–water partition coefficient (Wildman–Crippen LogP) is 1.42. The maximum Gasteiger partial charge on any atom is 0.305 e. The lowest BCUT2D eigenvalue weighted by atomic mass is 9.99. The molecule has 0 unspecified atom stereocenters. The Morgan fingerprint density at radius 1 is 0.667 bits per heavy atom. The van der Waals surface area contributed by atoms with Crippen LogP contribution in [-0.2, 0) is 23.7 Å².